The summed E-state index contributed by atoms with van der Waals surface area (Å²) in [5.74, 6) is 0. The quantitative estimate of drug-likeness (QED) is 0.0280. The predicted octanol–water partition coefficient (Wildman–Crippen LogP) is 33.4. The third-order valence-corrected chi connectivity index (χ3v) is 31.6. The van der Waals surface area contributed by atoms with Crippen LogP contribution < -0.4 is 10.9 Å². The number of unbranched alkanes of at least 4 members (excludes halogenated alkanes) is 40. The number of fused-ring (bicyclic) bond motifs is 12. The van der Waals surface area contributed by atoms with E-state index in [-0.39, 0.29) is 21.7 Å². The van der Waals surface area contributed by atoms with Crippen molar-refractivity contribution in [2.45, 2.75) is 437 Å². The molecule has 4 aliphatic carbocycles. The second-order valence-corrected chi connectivity index (χ2v) is 40.5. The Kier molecular flexibility index (Phi) is 38.5. The van der Waals surface area contributed by atoms with E-state index >= 15 is 0 Å². The van der Waals surface area contributed by atoms with Crippen LogP contribution in [-0.2, 0) is 49.1 Å². The van der Waals surface area contributed by atoms with Gasteiger partial charge in [-0.05, 0) is 221 Å². The van der Waals surface area contributed by atoms with Crippen molar-refractivity contribution < 1.29 is 27.4 Å². The zero-order valence-corrected chi connectivity index (χ0v) is 81.4. The highest BCUT2D eigenvalue weighted by Gasteiger charge is 2.49. The highest BCUT2D eigenvalue weighted by atomic mass is 16.7. The summed E-state index contributed by atoms with van der Waals surface area (Å²) in [6.45, 7) is 18.9. The van der Waals surface area contributed by atoms with Crippen LogP contribution >= 0.6 is 0 Å². The van der Waals surface area contributed by atoms with Crippen molar-refractivity contribution in [2.75, 3.05) is 0 Å². The Labute approximate surface area is 782 Å². The molecule has 8 aromatic carbocycles. The van der Waals surface area contributed by atoms with Gasteiger partial charge in [-0.3, -0.25) is 0 Å². The van der Waals surface area contributed by atoms with Crippen molar-refractivity contribution in [1.29, 1.82) is 0 Å². The molecule has 0 saturated carbocycles. The Morgan fingerprint density at radius 1 is 0.180 bits per heavy atom. The molecule has 128 heavy (non-hydrogen) atoms. The Bertz CT molecular complexity index is 4370. The zero-order chi connectivity index (χ0) is 88.7. The average molecular weight is 1720 g/mol. The molecule has 0 amide bonds. The lowest BCUT2D eigenvalue weighted by Crippen LogP contribution is -2.44. The summed E-state index contributed by atoms with van der Waals surface area (Å²) in [5.41, 5.74) is 33.7. The maximum atomic E-state index is 6.06. The van der Waals surface area contributed by atoms with Gasteiger partial charge in [0.1, 0.15) is 0 Å². The molecule has 0 bridgehead atoms. The molecular weight excluding hydrogens is 1550 g/mol. The van der Waals surface area contributed by atoms with Gasteiger partial charge in [-0.2, -0.15) is 0 Å². The van der Waals surface area contributed by atoms with Gasteiger partial charge in [0.25, 0.3) is 0 Å². The van der Waals surface area contributed by atoms with Gasteiger partial charge >= 0.3 is 45.0 Å². The molecule has 8 aromatic rings. The molecule has 6 nitrogen and oxygen atoms in total. The van der Waals surface area contributed by atoms with E-state index in [1.807, 2.05) is 0 Å². The first-order valence-electron chi connectivity index (χ1n) is 53.5. The number of benzene rings is 8. The third kappa shape index (κ3) is 23.3. The minimum atomic E-state index is -0.539. The Balaban J connectivity index is 0.875. The van der Waals surface area contributed by atoms with Gasteiger partial charge in [-0.1, -0.05) is 473 Å². The minimum absolute atomic E-state index is 0.126. The van der Waals surface area contributed by atoms with Crippen LogP contribution in [0, 0.1) is 0 Å². The third-order valence-electron chi connectivity index (χ3n) is 31.6. The largest absolute Gasteiger partial charge is 0.465 e. The van der Waals surface area contributed by atoms with Crippen molar-refractivity contribution >= 4 is 55.9 Å². The van der Waals surface area contributed by atoms with Crippen LogP contribution in [0.4, 0.5) is 0 Å². The normalized spacial score (nSPS) is 15.5. The number of rotatable bonds is 61. The summed E-state index contributed by atoms with van der Waals surface area (Å²) < 4.78 is 34.9. The fraction of sp³-hybridized carbons (Fsp3) is 0.586. The van der Waals surface area contributed by atoms with Crippen LogP contribution in [0.25, 0.3) is 77.9 Å². The SMILES string of the molecule is CCCCCCCCC1(CCCCCCCC)c2cc(B3O[B]O[B]O3)ccc2-c2ccc(-c3ccc4c(c3)C(CCCCCCCC)(CCCCCCCC)c3cc(-c5ccc6c(c5)C(CCCCCCCC)(CCCCCCCC)c5cc(-c7ccc8c(c7)C(CCCCCCCC)(CCCCCCCC)c7cc(B9O[B]O[B]O9)ccc7-8)ccc5-6)ccc3-4)cc21. The molecule has 14 rings (SSSR count). The van der Waals surface area contributed by atoms with Crippen molar-refractivity contribution in [3.8, 4) is 77.9 Å². The Hall–Kier alpha value is -6.09. The van der Waals surface area contributed by atoms with Crippen LogP contribution in [0.15, 0.2) is 146 Å². The molecule has 6 aliphatic rings. The standard InChI is InChI=1S/C116H160B6O6/c1-9-17-25-33-41-49-73-113(74-50-42-34-26-18-10-2)105-81-89(57-65-97(105)99-67-59-91(83-107(99)113)93-61-69-101-103-71-63-95(121-125-117-123-118-126-121)87-111(103)115(109(101)85-93,77-53-45-37-29-21-13-5)78-54-46-38-30-22-14-6)90-58-66-98-100-68-60-92(84-108(100)114(106(98)82-90,75-51-43-35-27-19-11-3)76-52-44-36-28-20-12-4)94-62-70-102-104-72-64-96(122-127-119-124-120-128-122)88-112(104)116(110(102)86-94,79-55-47-39-31-23-15-7)80-56-48-40-32-24-16-8/h57-72,81-88H,9-56,73-80H2,1-8H3. The molecule has 4 radical (unpaired) electrons. The second-order valence-electron chi connectivity index (χ2n) is 40.5. The van der Waals surface area contributed by atoms with E-state index < -0.39 is 14.2 Å². The summed E-state index contributed by atoms with van der Waals surface area (Å²) in [7, 11) is 4.61. The molecule has 0 N–H and O–H groups in total. The number of hydrogen-bond donors (Lipinski definition) is 0. The van der Waals surface area contributed by atoms with Gasteiger partial charge in [-0.15, -0.1) is 0 Å². The van der Waals surface area contributed by atoms with Gasteiger partial charge in [0, 0.05) is 21.7 Å². The van der Waals surface area contributed by atoms with Crippen LogP contribution in [0.3, 0.4) is 0 Å². The molecule has 2 aliphatic heterocycles. The van der Waals surface area contributed by atoms with Crippen molar-refractivity contribution in [2.24, 2.45) is 0 Å². The molecule has 0 unspecified atom stereocenters. The topological polar surface area (TPSA) is 55.4 Å². The van der Waals surface area contributed by atoms with E-state index in [9.17, 15) is 0 Å². The lowest BCUT2D eigenvalue weighted by atomic mass is 9.67. The van der Waals surface area contributed by atoms with E-state index in [0.29, 0.717) is 0 Å². The van der Waals surface area contributed by atoms with Gasteiger partial charge in [-0.25, -0.2) is 0 Å². The van der Waals surface area contributed by atoms with Gasteiger partial charge in [0.2, 0.25) is 0 Å². The van der Waals surface area contributed by atoms with E-state index in [0.717, 1.165) is 36.6 Å². The molecule has 678 valence electrons. The molecular formula is C116H160B6O6. The Morgan fingerprint density at radius 2 is 0.328 bits per heavy atom. The fourth-order valence-electron chi connectivity index (χ4n) is 24.5. The molecule has 0 atom stereocenters. The van der Waals surface area contributed by atoms with Gasteiger partial charge in [0.05, 0.1) is 0 Å². The zero-order valence-electron chi connectivity index (χ0n) is 81.4. The second kappa shape index (κ2) is 50.3. The smallest absolute Gasteiger partial charge is 0.457 e. The summed E-state index contributed by atoms with van der Waals surface area (Å²) in [6.07, 6.45) is 71.1. The van der Waals surface area contributed by atoms with Crippen molar-refractivity contribution in [1.82, 2.24) is 0 Å². The van der Waals surface area contributed by atoms with Crippen LogP contribution in [-0.4, -0.2) is 45.0 Å². The van der Waals surface area contributed by atoms with E-state index in [2.05, 4.69) is 201 Å². The average Bonchev–Trinajstić information content (AvgIpc) is 1.57. The summed E-state index contributed by atoms with van der Waals surface area (Å²) in [6, 6.07) is 61.5. The highest BCUT2D eigenvalue weighted by Crippen LogP contribution is 2.62. The van der Waals surface area contributed by atoms with Crippen LogP contribution in [0.5, 0.6) is 0 Å². The van der Waals surface area contributed by atoms with Gasteiger partial charge < -0.3 is 27.4 Å². The minimum Gasteiger partial charge on any atom is -0.457 e. The first-order chi connectivity index (χ1) is 63.2. The highest BCUT2D eigenvalue weighted by molar-refractivity contribution is 6.72. The predicted molar refractivity (Wildman–Crippen MR) is 552 cm³/mol. The van der Waals surface area contributed by atoms with Crippen LogP contribution in [0.2, 0.25) is 0 Å². The lowest BCUT2D eigenvalue weighted by molar-refractivity contribution is 0.332. The Morgan fingerprint density at radius 3 is 0.500 bits per heavy atom. The molecule has 12 heteroatoms. The van der Waals surface area contributed by atoms with Crippen molar-refractivity contribution in [3.05, 3.63) is 190 Å². The van der Waals surface area contributed by atoms with E-state index in [1.54, 1.807) is 22.3 Å². The monoisotopic (exact) mass is 1720 g/mol. The molecule has 2 heterocycles. The molecule has 2 fully saturated rings. The number of hydrogen-bond acceptors (Lipinski definition) is 6. The summed E-state index contributed by atoms with van der Waals surface area (Å²) >= 11 is 0. The lowest BCUT2D eigenvalue weighted by Gasteiger charge is -2.34. The van der Waals surface area contributed by atoms with Crippen molar-refractivity contribution in [3.63, 3.8) is 0 Å². The maximum absolute atomic E-state index is 6.06. The first-order valence-corrected chi connectivity index (χ1v) is 53.5. The van der Waals surface area contributed by atoms with E-state index in [1.165, 1.54) is 465 Å². The fourth-order valence-corrected chi connectivity index (χ4v) is 24.5. The molecule has 0 spiro atoms. The van der Waals surface area contributed by atoms with Crippen LogP contribution in [0.1, 0.15) is 459 Å². The first kappa shape index (κ1) is 97.9. The molecule has 2 saturated heterocycles. The summed E-state index contributed by atoms with van der Waals surface area (Å²) in [4.78, 5) is 0. The van der Waals surface area contributed by atoms with E-state index in [4.69, 9.17) is 27.4 Å². The molecule has 0 aromatic heterocycles. The summed E-state index contributed by atoms with van der Waals surface area (Å²) in [5, 5.41) is 0. The maximum Gasteiger partial charge on any atom is 0.465 e. The van der Waals surface area contributed by atoms with Gasteiger partial charge in [0.15, 0.2) is 0 Å².